The Balaban J connectivity index is 0.000000292. The van der Waals surface area contributed by atoms with Crippen molar-refractivity contribution in [2.75, 3.05) is 14.2 Å². The molecule has 0 atom stereocenters. The summed E-state index contributed by atoms with van der Waals surface area (Å²) in [7, 11) is 3.25. The molecule has 0 aliphatic rings. The zero-order valence-electron chi connectivity index (χ0n) is 6.47. The van der Waals surface area contributed by atoms with Crippen LogP contribution in [0.1, 0.15) is 0 Å². The normalized spacial score (nSPS) is 8.36. The largest absolute Gasteiger partial charge is 0.388 e. The second kappa shape index (κ2) is 7.30. The molecule has 11 heavy (non-hydrogen) atoms. The van der Waals surface area contributed by atoms with Crippen LogP contribution in [0, 0.1) is 7.14 Å². The molecule has 3 heteroatoms. The quantitative estimate of drug-likeness (QED) is 0.633. The lowest BCUT2D eigenvalue weighted by Gasteiger charge is -1.87. The van der Waals surface area contributed by atoms with E-state index >= 15 is 0 Å². The van der Waals surface area contributed by atoms with Crippen LogP contribution >= 0.6 is 45.2 Å². The first kappa shape index (κ1) is 11.6. The third kappa shape index (κ3) is 7.02. The minimum atomic E-state index is 1.29. The molecule has 0 radical (unpaired) electrons. The highest BCUT2D eigenvalue weighted by Crippen LogP contribution is 2.07. The summed E-state index contributed by atoms with van der Waals surface area (Å²) >= 11 is 4.59. The van der Waals surface area contributed by atoms with Crippen molar-refractivity contribution in [3.05, 3.63) is 31.4 Å². The zero-order valence-corrected chi connectivity index (χ0v) is 10.8. The minimum Gasteiger partial charge on any atom is -0.388 e. The van der Waals surface area contributed by atoms with Gasteiger partial charge in [-0.1, -0.05) is 0 Å². The van der Waals surface area contributed by atoms with Crippen LogP contribution in [0.2, 0.25) is 0 Å². The van der Waals surface area contributed by atoms with Gasteiger partial charge in [-0.2, -0.15) is 0 Å². The van der Waals surface area contributed by atoms with E-state index in [0.717, 1.165) is 0 Å². The van der Waals surface area contributed by atoms with Gasteiger partial charge in [-0.15, -0.1) is 0 Å². The number of methoxy groups -OCH3 is 1. The standard InChI is InChI=1S/C6H4I2.C2H6O/c7-5-1-2-6(8)4-3-5;1-3-2/h1-4H;1-2H3. The molecule has 62 valence electrons. The smallest absolute Gasteiger partial charge is 0.0351 e. The van der Waals surface area contributed by atoms with Gasteiger partial charge >= 0.3 is 0 Å². The van der Waals surface area contributed by atoms with E-state index < -0.39 is 0 Å². The van der Waals surface area contributed by atoms with Crippen LogP contribution in [0.4, 0.5) is 0 Å². The molecule has 0 spiro atoms. The van der Waals surface area contributed by atoms with Crippen LogP contribution in [0.15, 0.2) is 24.3 Å². The van der Waals surface area contributed by atoms with Gasteiger partial charge in [0.2, 0.25) is 0 Å². The molecule has 0 amide bonds. The summed E-state index contributed by atoms with van der Waals surface area (Å²) in [6.45, 7) is 0. The van der Waals surface area contributed by atoms with E-state index in [2.05, 4.69) is 74.2 Å². The van der Waals surface area contributed by atoms with Gasteiger partial charge < -0.3 is 4.74 Å². The summed E-state index contributed by atoms with van der Waals surface area (Å²) in [4.78, 5) is 0. The van der Waals surface area contributed by atoms with E-state index in [9.17, 15) is 0 Å². The monoisotopic (exact) mass is 376 g/mol. The Bertz CT molecular complexity index is 163. The maximum absolute atomic E-state index is 4.25. The van der Waals surface area contributed by atoms with Gasteiger partial charge in [-0.3, -0.25) is 0 Å². The van der Waals surface area contributed by atoms with Crippen molar-refractivity contribution >= 4 is 45.2 Å². The van der Waals surface area contributed by atoms with E-state index in [1.165, 1.54) is 7.14 Å². The molecule has 0 aliphatic heterocycles. The summed E-state index contributed by atoms with van der Waals surface area (Å²) in [6, 6.07) is 8.40. The molecule has 0 aliphatic carbocycles. The van der Waals surface area contributed by atoms with Gasteiger partial charge in [0.1, 0.15) is 0 Å². The summed E-state index contributed by atoms with van der Waals surface area (Å²) in [5.74, 6) is 0. The molecule has 0 unspecified atom stereocenters. The van der Waals surface area contributed by atoms with E-state index in [4.69, 9.17) is 0 Å². The number of benzene rings is 1. The second-order valence-electron chi connectivity index (χ2n) is 1.84. The van der Waals surface area contributed by atoms with Crippen molar-refractivity contribution in [2.45, 2.75) is 0 Å². The molecule has 1 aromatic carbocycles. The predicted octanol–water partition coefficient (Wildman–Crippen LogP) is 3.16. The number of halogens is 2. The lowest BCUT2D eigenvalue weighted by atomic mass is 10.4. The Morgan fingerprint density at radius 1 is 0.909 bits per heavy atom. The molecule has 1 rings (SSSR count). The maximum atomic E-state index is 4.25. The first-order valence-corrected chi connectivity index (χ1v) is 5.17. The minimum absolute atomic E-state index is 1.29. The van der Waals surface area contributed by atoms with E-state index in [1.54, 1.807) is 14.2 Å². The molecular weight excluding hydrogens is 366 g/mol. The molecule has 1 aromatic rings. The van der Waals surface area contributed by atoms with Crippen LogP contribution in [-0.4, -0.2) is 14.2 Å². The van der Waals surface area contributed by atoms with Gasteiger partial charge in [-0.25, -0.2) is 0 Å². The molecule has 1 nitrogen and oxygen atoms in total. The van der Waals surface area contributed by atoms with Gasteiger partial charge in [0.15, 0.2) is 0 Å². The first-order valence-electron chi connectivity index (χ1n) is 3.02. The van der Waals surface area contributed by atoms with Gasteiger partial charge in [0.25, 0.3) is 0 Å². The Labute approximate surface area is 94.8 Å². The Morgan fingerprint density at radius 3 is 1.27 bits per heavy atom. The highest BCUT2D eigenvalue weighted by molar-refractivity contribution is 14.1. The van der Waals surface area contributed by atoms with Gasteiger partial charge in [-0.05, 0) is 69.4 Å². The molecule has 0 saturated carbocycles. The zero-order chi connectivity index (χ0) is 8.69. The summed E-state index contributed by atoms with van der Waals surface area (Å²) in [5, 5.41) is 0. The molecule has 0 saturated heterocycles. The predicted molar refractivity (Wildman–Crippen MR) is 64.8 cm³/mol. The first-order chi connectivity index (χ1) is 5.20. The molecule has 0 heterocycles. The Kier molecular flexibility index (Phi) is 7.72. The van der Waals surface area contributed by atoms with Gasteiger partial charge in [0.05, 0.1) is 0 Å². The average Bonchev–Trinajstić information content (AvgIpc) is 1.97. The summed E-state index contributed by atoms with van der Waals surface area (Å²) < 4.78 is 6.84. The lowest BCUT2D eigenvalue weighted by molar-refractivity contribution is 0.277. The third-order valence-corrected chi connectivity index (χ3v) is 2.24. The van der Waals surface area contributed by atoms with E-state index in [-0.39, 0.29) is 0 Å². The van der Waals surface area contributed by atoms with Crippen molar-refractivity contribution in [1.82, 2.24) is 0 Å². The fourth-order valence-electron chi connectivity index (χ4n) is 0.430. The molecule has 0 bridgehead atoms. The third-order valence-electron chi connectivity index (χ3n) is 0.804. The molecular formula is C8H10I2O. The van der Waals surface area contributed by atoms with Crippen LogP contribution < -0.4 is 0 Å². The fourth-order valence-corrected chi connectivity index (χ4v) is 1.15. The summed E-state index contributed by atoms with van der Waals surface area (Å²) in [5.41, 5.74) is 0. The number of ether oxygens (including phenoxy) is 1. The number of rotatable bonds is 0. The van der Waals surface area contributed by atoms with E-state index in [1.807, 2.05) is 0 Å². The van der Waals surface area contributed by atoms with Crippen LogP contribution in [0.5, 0.6) is 0 Å². The highest BCUT2D eigenvalue weighted by atomic mass is 127. The SMILES string of the molecule is COC.Ic1ccc(I)cc1. The Morgan fingerprint density at radius 2 is 1.09 bits per heavy atom. The van der Waals surface area contributed by atoms with Crippen molar-refractivity contribution in [3.63, 3.8) is 0 Å². The van der Waals surface area contributed by atoms with Crippen molar-refractivity contribution in [2.24, 2.45) is 0 Å². The fraction of sp³-hybridized carbons (Fsp3) is 0.250. The second-order valence-corrected chi connectivity index (χ2v) is 4.34. The lowest BCUT2D eigenvalue weighted by Crippen LogP contribution is -1.68. The van der Waals surface area contributed by atoms with Gasteiger partial charge in [0, 0.05) is 21.4 Å². The topological polar surface area (TPSA) is 9.23 Å². The molecule has 0 N–H and O–H groups in total. The Hall–Kier alpha value is 0.640. The van der Waals surface area contributed by atoms with Crippen LogP contribution in [0.3, 0.4) is 0 Å². The van der Waals surface area contributed by atoms with Crippen molar-refractivity contribution < 1.29 is 4.74 Å². The maximum Gasteiger partial charge on any atom is 0.0351 e. The highest BCUT2D eigenvalue weighted by Gasteiger charge is 1.82. The van der Waals surface area contributed by atoms with Crippen molar-refractivity contribution in [3.8, 4) is 0 Å². The van der Waals surface area contributed by atoms with E-state index in [0.29, 0.717) is 0 Å². The van der Waals surface area contributed by atoms with Crippen LogP contribution in [0.25, 0.3) is 0 Å². The molecule has 0 aromatic heterocycles. The summed E-state index contributed by atoms with van der Waals surface area (Å²) in [6.07, 6.45) is 0. The van der Waals surface area contributed by atoms with Crippen molar-refractivity contribution in [1.29, 1.82) is 0 Å². The molecule has 0 fully saturated rings. The number of hydrogen-bond donors (Lipinski definition) is 0. The average molecular weight is 376 g/mol. The van der Waals surface area contributed by atoms with Crippen LogP contribution in [-0.2, 0) is 4.74 Å². The number of hydrogen-bond acceptors (Lipinski definition) is 1.